The minimum atomic E-state index is -3.41. The summed E-state index contributed by atoms with van der Waals surface area (Å²) in [4.78, 5) is 14.0. The summed E-state index contributed by atoms with van der Waals surface area (Å²) < 4.78 is 32.8. The third kappa shape index (κ3) is 3.65. The van der Waals surface area contributed by atoms with Gasteiger partial charge in [0.2, 0.25) is 0 Å². The van der Waals surface area contributed by atoms with Crippen molar-refractivity contribution in [1.82, 2.24) is 13.5 Å². The first-order valence-electron chi connectivity index (χ1n) is 8.43. The second-order valence-electron chi connectivity index (χ2n) is 7.08. The lowest BCUT2D eigenvalue weighted by atomic mass is 9.92. The number of hydrogen-bond acceptors (Lipinski definition) is 4. The van der Waals surface area contributed by atoms with Crippen molar-refractivity contribution in [2.75, 3.05) is 33.7 Å². The number of piperidine rings is 1. The van der Waals surface area contributed by atoms with Crippen LogP contribution in [0.15, 0.2) is 24.3 Å². The van der Waals surface area contributed by atoms with Gasteiger partial charge in [0, 0.05) is 46.6 Å². The number of amides is 1. The molecule has 0 aromatic heterocycles. The Morgan fingerprint density at radius 1 is 1.16 bits per heavy atom. The molecule has 0 unspecified atom stereocenters. The van der Waals surface area contributed by atoms with Gasteiger partial charge in [0.05, 0.1) is 6.54 Å². The maximum atomic E-state index is 12.3. The van der Waals surface area contributed by atoms with E-state index >= 15 is 0 Å². The van der Waals surface area contributed by atoms with Crippen LogP contribution in [0.4, 0.5) is 4.79 Å². The van der Waals surface area contributed by atoms with Crippen molar-refractivity contribution in [3.05, 3.63) is 35.4 Å². The lowest BCUT2D eigenvalue weighted by Gasteiger charge is -2.37. The molecule has 1 amide bonds. The number of carbonyl (C=O) groups excluding carboxylic acids is 1. The molecule has 25 heavy (non-hydrogen) atoms. The molecular formula is C17H25N3O4S. The molecule has 1 spiro atoms. The molecule has 0 atom stereocenters. The van der Waals surface area contributed by atoms with Gasteiger partial charge in [0.25, 0.3) is 10.2 Å². The molecule has 0 N–H and O–H groups in total. The molecule has 0 bridgehead atoms. The van der Waals surface area contributed by atoms with Gasteiger partial charge in [0.15, 0.2) is 0 Å². The van der Waals surface area contributed by atoms with Gasteiger partial charge in [-0.3, -0.25) is 4.90 Å². The van der Waals surface area contributed by atoms with E-state index in [1.165, 1.54) is 28.3 Å². The van der Waals surface area contributed by atoms with Crippen molar-refractivity contribution >= 4 is 16.3 Å². The van der Waals surface area contributed by atoms with E-state index in [2.05, 4.69) is 0 Å². The Bertz CT molecular complexity index is 738. The number of rotatable bonds is 4. The van der Waals surface area contributed by atoms with Crippen LogP contribution >= 0.6 is 0 Å². The van der Waals surface area contributed by atoms with Gasteiger partial charge in [-0.15, -0.1) is 0 Å². The van der Waals surface area contributed by atoms with Crippen molar-refractivity contribution in [3.8, 4) is 0 Å². The van der Waals surface area contributed by atoms with Gasteiger partial charge in [-0.25, -0.2) is 4.79 Å². The summed E-state index contributed by atoms with van der Waals surface area (Å²) >= 11 is 0. The molecule has 1 aromatic rings. The highest BCUT2D eigenvalue weighted by atomic mass is 32.2. The lowest BCUT2D eigenvalue weighted by molar-refractivity contribution is 0.0164. The molecule has 2 heterocycles. The average Bonchev–Trinajstić information content (AvgIpc) is 2.85. The van der Waals surface area contributed by atoms with Crippen LogP contribution in [0, 0.1) is 6.92 Å². The summed E-state index contributed by atoms with van der Waals surface area (Å²) in [5.41, 5.74) is 1.67. The summed E-state index contributed by atoms with van der Waals surface area (Å²) in [7, 11) is -0.360. The fraction of sp³-hybridized carbons (Fsp3) is 0.588. The van der Waals surface area contributed by atoms with E-state index in [-0.39, 0.29) is 6.09 Å². The minimum absolute atomic E-state index is 0.315. The summed E-state index contributed by atoms with van der Waals surface area (Å²) in [5, 5.41) is 0. The maximum Gasteiger partial charge on any atom is 0.410 e. The van der Waals surface area contributed by atoms with Crippen molar-refractivity contribution in [2.24, 2.45) is 0 Å². The van der Waals surface area contributed by atoms with Crippen LogP contribution in [0.2, 0.25) is 0 Å². The number of hydrogen-bond donors (Lipinski definition) is 0. The first-order valence-corrected chi connectivity index (χ1v) is 9.83. The molecular weight excluding hydrogens is 342 g/mol. The van der Waals surface area contributed by atoms with Crippen LogP contribution in [0.25, 0.3) is 0 Å². The number of aryl methyl sites for hydroxylation is 1. The predicted octanol–water partition coefficient (Wildman–Crippen LogP) is 1.59. The van der Waals surface area contributed by atoms with Crippen LogP contribution in [-0.2, 0) is 21.5 Å². The summed E-state index contributed by atoms with van der Waals surface area (Å²) in [6, 6.07) is 8.08. The Hall–Kier alpha value is -1.64. The highest BCUT2D eigenvalue weighted by molar-refractivity contribution is 7.86. The molecule has 0 radical (unpaired) electrons. The Morgan fingerprint density at radius 2 is 1.76 bits per heavy atom. The standard InChI is InChI=1S/C17H25N3O4S/c1-14-4-6-15(7-5-14)12-19-13-17(24-16(19)21)8-10-20(11-9-17)25(22,23)18(2)3/h4-7H,8-13H2,1-3H3. The third-order valence-electron chi connectivity index (χ3n) is 4.96. The highest BCUT2D eigenvalue weighted by Crippen LogP contribution is 2.34. The van der Waals surface area contributed by atoms with Crippen LogP contribution in [0.1, 0.15) is 24.0 Å². The Labute approximate surface area is 149 Å². The molecule has 7 nitrogen and oxygen atoms in total. The van der Waals surface area contributed by atoms with Crippen LogP contribution in [0.5, 0.6) is 0 Å². The molecule has 0 aliphatic carbocycles. The highest BCUT2D eigenvalue weighted by Gasteiger charge is 2.48. The Morgan fingerprint density at radius 3 is 2.32 bits per heavy atom. The Balaban J connectivity index is 1.64. The molecule has 2 saturated heterocycles. The monoisotopic (exact) mass is 367 g/mol. The zero-order valence-corrected chi connectivity index (χ0v) is 15.8. The largest absolute Gasteiger partial charge is 0.441 e. The minimum Gasteiger partial charge on any atom is -0.441 e. The fourth-order valence-corrected chi connectivity index (χ4v) is 4.45. The van der Waals surface area contributed by atoms with Crippen molar-refractivity contribution in [2.45, 2.75) is 31.9 Å². The zero-order valence-electron chi connectivity index (χ0n) is 14.9. The molecule has 8 heteroatoms. The number of nitrogens with zero attached hydrogens (tertiary/aromatic N) is 3. The molecule has 0 saturated carbocycles. The van der Waals surface area contributed by atoms with Gasteiger partial charge < -0.3 is 4.74 Å². The van der Waals surface area contributed by atoms with E-state index in [9.17, 15) is 13.2 Å². The molecule has 3 rings (SSSR count). The van der Waals surface area contributed by atoms with E-state index in [0.29, 0.717) is 39.0 Å². The van der Waals surface area contributed by atoms with Crippen molar-refractivity contribution in [1.29, 1.82) is 0 Å². The van der Waals surface area contributed by atoms with Crippen LogP contribution in [0.3, 0.4) is 0 Å². The Kier molecular flexibility index (Phi) is 4.78. The summed E-state index contributed by atoms with van der Waals surface area (Å²) in [6.45, 7) is 3.78. The quantitative estimate of drug-likeness (QED) is 0.810. The van der Waals surface area contributed by atoms with Gasteiger partial charge in [-0.2, -0.15) is 17.0 Å². The van der Waals surface area contributed by atoms with Gasteiger partial charge in [-0.1, -0.05) is 29.8 Å². The van der Waals surface area contributed by atoms with E-state index < -0.39 is 15.8 Å². The SMILES string of the molecule is Cc1ccc(CN2CC3(CCN(S(=O)(=O)N(C)C)CC3)OC2=O)cc1. The van der Waals surface area contributed by atoms with E-state index in [0.717, 1.165) is 5.56 Å². The number of benzene rings is 1. The van der Waals surface area contributed by atoms with Crippen LogP contribution in [-0.4, -0.2) is 67.4 Å². The molecule has 2 fully saturated rings. The second-order valence-corrected chi connectivity index (χ2v) is 9.22. The fourth-order valence-electron chi connectivity index (χ4n) is 3.34. The normalized spacial score (nSPS) is 21.1. The van der Waals surface area contributed by atoms with Crippen molar-refractivity contribution < 1.29 is 17.9 Å². The zero-order chi connectivity index (χ0) is 18.2. The summed E-state index contributed by atoms with van der Waals surface area (Å²) in [5.74, 6) is 0. The van der Waals surface area contributed by atoms with Crippen LogP contribution < -0.4 is 0 Å². The first kappa shape index (κ1) is 18.2. The molecule has 2 aliphatic rings. The second kappa shape index (κ2) is 6.59. The maximum absolute atomic E-state index is 12.3. The third-order valence-corrected chi connectivity index (χ3v) is 6.90. The van der Waals surface area contributed by atoms with Gasteiger partial charge in [0.1, 0.15) is 5.60 Å². The average molecular weight is 367 g/mol. The first-order chi connectivity index (χ1) is 11.7. The molecule has 138 valence electrons. The van der Waals surface area contributed by atoms with E-state index in [1.807, 2.05) is 31.2 Å². The number of ether oxygens (including phenoxy) is 1. The van der Waals surface area contributed by atoms with E-state index in [4.69, 9.17) is 4.74 Å². The van der Waals surface area contributed by atoms with Crippen molar-refractivity contribution in [3.63, 3.8) is 0 Å². The summed E-state index contributed by atoms with van der Waals surface area (Å²) in [6.07, 6.45) is 0.733. The molecule has 1 aromatic carbocycles. The molecule has 2 aliphatic heterocycles. The topological polar surface area (TPSA) is 70.2 Å². The van der Waals surface area contributed by atoms with Gasteiger partial charge in [-0.05, 0) is 12.5 Å². The van der Waals surface area contributed by atoms with E-state index in [1.54, 1.807) is 4.90 Å². The van der Waals surface area contributed by atoms with Gasteiger partial charge >= 0.3 is 6.09 Å². The smallest absolute Gasteiger partial charge is 0.410 e. The lowest BCUT2D eigenvalue weighted by Crippen LogP contribution is -2.51. The number of carbonyl (C=O) groups is 1. The predicted molar refractivity (Wildman–Crippen MR) is 94.2 cm³/mol.